The lowest BCUT2D eigenvalue weighted by molar-refractivity contribution is 0.112. The second kappa shape index (κ2) is 4.45. The highest BCUT2D eigenvalue weighted by Gasteiger charge is 2.13. The lowest BCUT2D eigenvalue weighted by atomic mass is 10.2. The normalized spacial score (nSPS) is 10.6. The molecule has 0 aliphatic carbocycles. The fraction of sp³-hybridized carbons (Fsp3) is 0.231. The van der Waals surface area contributed by atoms with Crippen LogP contribution in [0.15, 0.2) is 22.7 Å². The van der Waals surface area contributed by atoms with E-state index < -0.39 is 0 Å². The molecule has 3 nitrogen and oxygen atoms in total. The number of halogens is 1. The van der Waals surface area contributed by atoms with Crippen molar-refractivity contribution < 1.29 is 4.79 Å². The molecule has 1 heterocycles. The minimum absolute atomic E-state index is 0.673. The van der Waals surface area contributed by atoms with E-state index in [2.05, 4.69) is 21.0 Å². The number of hydrogen-bond acceptors (Lipinski definition) is 2. The van der Waals surface area contributed by atoms with Gasteiger partial charge in [0, 0.05) is 4.47 Å². The number of aryl methyl sites for hydroxylation is 2. The van der Waals surface area contributed by atoms with E-state index in [1.807, 2.05) is 43.7 Å². The average molecular weight is 293 g/mol. The summed E-state index contributed by atoms with van der Waals surface area (Å²) in [6.45, 7) is 5.78. The number of benzene rings is 1. The Kier molecular flexibility index (Phi) is 3.15. The van der Waals surface area contributed by atoms with Gasteiger partial charge in [0.1, 0.15) is 0 Å². The van der Waals surface area contributed by atoms with Gasteiger partial charge in [0.25, 0.3) is 0 Å². The van der Waals surface area contributed by atoms with Crippen LogP contribution in [0.25, 0.3) is 5.69 Å². The molecule has 17 heavy (non-hydrogen) atoms. The van der Waals surface area contributed by atoms with Gasteiger partial charge in [0.15, 0.2) is 6.29 Å². The zero-order valence-electron chi connectivity index (χ0n) is 9.99. The molecule has 0 unspecified atom stereocenters. The third kappa shape index (κ3) is 2.05. The second-order valence-corrected chi connectivity index (χ2v) is 4.96. The summed E-state index contributed by atoms with van der Waals surface area (Å²) in [5.74, 6) is 0. The monoisotopic (exact) mass is 292 g/mol. The van der Waals surface area contributed by atoms with Crippen molar-refractivity contribution >= 4 is 22.2 Å². The van der Waals surface area contributed by atoms with Crippen molar-refractivity contribution in [2.24, 2.45) is 0 Å². The van der Waals surface area contributed by atoms with Crippen LogP contribution >= 0.6 is 15.9 Å². The molecule has 0 spiro atoms. The molecule has 88 valence electrons. The van der Waals surface area contributed by atoms with Gasteiger partial charge < -0.3 is 0 Å². The van der Waals surface area contributed by atoms with Crippen LogP contribution in [0, 0.1) is 20.8 Å². The van der Waals surface area contributed by atoms with Gasteiger partial charge in [-0.2, -0.15) is 5.10 Å². The van der Waals surface area contributed by atoms with Crippen molar-refractivity contribution in [3.05, 3.63) is 45.2 Å². The summed E-state index contributed by atoms with van der Waals surface area (Å²) in [6.07, 6.45) is 0.863. The maximum absolute atomic E-state index is 11.0. The minimum Gasteiger partial charge on any atom is -0.298 e. The van der Waals surface area contributed by atoms with Crippen LogP contribution in [0.5, 0.6) is 0 Å². The number of hydrogen-bond donors (Lipinski definition) is 0. The first-order chi connectivity index (χ1) is 8.04. The highest BCUT2D eigenvalue weighted by molar-refractivity contribution is 9.10. The Morgan fingerprint density at radius 3 is 2.53 bits per heavy atom. The van der Waals surface area contributed by atoms with Crippen LogP contribution in [-0.2, 0) is 0 Å². The molecule has 2 aromatic rings. The number of rotatable bonds is 2. The van der Waals surface area contributed by atoms with Gasteiger partial charge in [-0.15, -0.1) is 0 Å². The van der Waals surface area contributed by atoms with E-state index in [0.29, 0.717) is 5.56 Å². The van der Waals surface area contributed by atoms with E-state index in [1.165, 1.54) is 0 Å². The first-order valence-electron chi connectivity index (χ1n) is 5.32. The molecule has 2 rings (SSSR count). The molecule has 0 amide bonds. The molecule has 0 N–H and O–H groups in total. The summed E-state index contributed by atoms with van der Waals surface area (Å²) >= 11 is 3.43. The zero-order chi connectivity index (χ0) is 12.6. The average Bonchev–Trinajstić information content (AvgIpc) is 2.54. The molecule has 0 atom stereocenters. The minimum atomic E-state index is 0.673. The Morgan fingerprint density at radius 1 is 1.29 bits per heavy atom. The van der Waals surface area contributed by atoms with Crippen molar-refractivity contribution in [2.75, 3.05) is 0 Å². The Balaban J connectivity index is 2.65. The second-order valence-electron chi connectivity index (χ2n) is 4.04. The van der Waals surface area contributed by atoms with Crippen LogP contribution in [-0.4, -0.2) is 16.1 Å². The van der Waals surface area contributed by atoms with Gasteiger partial charge >= 0.3 is 0 Å². The molecular formula is C13H13BrN2O. The Morgan fingerprint density at radius 2 is 2.00 bits per heavy atom. The van der Waals surface area contributed by atoms with Crippen LogP contribution in [0.1, 0.15) is 27.3 Å². The third-order valence-electron chi connectivity index (χ3n) is 2.85. The highest BCUT2D eigenvalue weighted by atomic mass is 79.9. The molecular weight excluding hydrogens is 280 g/mol. The van der Waals surface area contributed by atoms with Crippen molar-refractivity contribution in [3.63, 3.8) is 0 Å². The third-order valence-corrected chi connectivity index (χ3v) is 3.35. The topological polar surface area (TPSA) is 34.9 Å². The van der Waals surface area contributed by atoms with Crippen LogP contribution in [0.3, 0.4) is 0 Å². The van der Waals surface area contributed by atoms with Crippen molar-refractivity contribution in [1.82, 2.24) is 9.78 Å². The lowest BCUT2D eigenvalue weighted by Crippen LogP contribution is -2.01. The van der Waals surface area contributed by atoms with Gasteiger partial charge in [-0.25, -0.2) is 4.68 Å². The smallest absolute Gasteiger partial charge is 0.153 e. The molecule has 0 radical (unpaired) electrons. The zero-order valence-corrected chi connectivity index (χ0v) is 11.6. The summed E-state index contributed by atoms with van der Waals surface area (Å²) in [7, 11) is 0. The van der Waals surface area contributed by atoms with E-state index in [1.54, 1.807) is 0 Å². The summed E-state index contributed by atoms with van der Waals surface area (Å²) in [5.41, 5.74) is 4.43. The summed E-state index contributed by atoms with van der Waals surface area (Å²) in [4.78, 5) is 11.0. The SMILES string of the molecule is Cc1cc(Br)ccc1-n1nc(C)c(C=O)c1C. The molecule has 0 saturated heterocycles. The van der Waals surface area contributed by atoms with Crippen molar-refractivity contribution in [3.8, 4) is 5.69 Å². The molecule has 0 aliphatic rings. The Labute approximate surface area is 109 Å². The van der Waals surface area contributed by atoms with E-state index in [4.69, 9.17) is 0 Å². The van der Waals surface area contributed by atoms with E-state index in [9.17, 15) is 4.79 Å². The Bertz CT molecular complexity index is 587. The van der Waals surface area contributed by atoms with Gasteiger partial charge in [-0.1, -0.05) is 15.9 Å². The molecule has 0 fully saturated rings. The lowest BCUT2D eigenvalue weighted by Gasteiger charge is -2.08. The largest absolute Gasteiger partial charge is 0.298 e. The molecule has 1 aromatic carbocycles. The summed E-state index contributed by atoms with van der Waals surface area (Å²) < 4.78 is 2.86. The predicted molar refractivity (Wildman–Crippen MR) is 70.9 cm³/mol. The van der Waals surface area contributed by atoms with E-state index in [0.717, 1.165) is 33.4 Å². The first-order valence-corrected chi connectivity index (χ1v) is 6.12. The van der Waals surface area contributed by atoms with E-state index in [-0.39, 0.29) is 0 Å². The fourth-order valence-corrected chi connectivity index (χ4v) is 2.39. The molecule has 0 bridgehead atoms. The van der Waals surface area contributed by atoms with Crippen molar-refractivity contribution in [2.45, 2.75) is 20.8 Å². The quantitative estimate of drug-likeness (QED) is 0.796. The molecule has 1 aromatic heterocycles. The van der Waals surface area contributed by atoms with Gasteiger partial charge in [-0.3, -0.25) is 4.79 Å². The van der Waals surface area contributed by atoms with Gasteiger partial charge in [0.05, 0.1) is 22.6 Å². The number of aldehydes is 1. The summed E-state index contributed by atoms with van der Waals surface area (Å²) in [6, 6.07) is 6.00. The Hall–Kier alpha value is -1.42. The number of nitrogens with zero attached hydrogens (tertiary/aromatic N) is 2. The summed E-state index contributed by atoms with van der Waals surface area (Å²) in [5, 5.41) is 4.41. The van der Waals surface area contributed by atoms with Crippen LogP contribution in [0.2, 0.25) is 0 Å². The molecule has 4 heteroatoms. The molecule has 0 saturated carbocycles. The number of carbonyl (C=O) groups is 1. The fourth-order valence-electron chi connectivity index (χ4n) is 1.92. The predicted octanol–water partition coefficient (Wildman–Crippen LogP) is 3.37. The first kappa shape index (κ1) is 12.0. The highest BCUT2D eigenvalue weighted by Crippen LogP contribution is 2.22. The standard InChI is InChI=1S/C13H13BrN2O/c1-8-6-11(14)4-5-13(8)16-10(3)12(7-17)9(2)15-16/h4-7H,1-3H3. The maximum atomic E-state index is 11.0. The van der Waals surface area contributed by atoms with Gasteiger partial charge in [0.2, 0.25) is 0 Å². The van der Waals surface area contributed by atoms with Crippen molar-refractivity contribution in [1.29, 1.82) is 0 Å². The van der Waals surface area contributed by atoms with Crippen LogP contribution in [0.4, 0.5) is 0 Å². The number of aromatic nitrogens is 2. The van der Waals surface area contributed by atoms with E-state index >= 15 is 0 Å². The molecule has 0 aliphatic heterocycles. The maximum Gasteiger partial charge on any atom is 0.153 e. The van der Waals surface area contributed by atoms with Crippen LogP contribution < -0.4 is 0 Å². The number of carbonyl (C=O) groups excluding carboxylic acids is 1. The van der Waals surface area contributed by atoms with Gasteiger partial charge in [-0.05, 0) is 44.5 Å².